The van der Waals surface area contributed by atoms with Crippen LogP contribution in [0.4, 0.5) is 0 Å². The Kier molecular flexibility index (Phi) is 7.21. The number of benzene rings is 2. The normalized spacial score (nSPS) is 12.6. The first-order chi connectivity index (χ1) is 16.9. The van der Waals surface area contributed by atoms with E-state index >= 15 is 0 Å². The number of carbonyl (C=O) groups is 3. The van der Waals surface area contributed by atoms with Crippen LogP contribution in [0.5, 0.6) is 0 Å². The van der Waals surface area contributed by atoms with Gasteiger partial charge >= 0.3 is 5.97 Å². The maximum atomic E-state index is 13.4. The Morgan fingerprint density at radius 1 is 0.971 bits per heavy atom. The molecule has 0 aliphatic rings. The summed E-state index contributed by atoms with van der Waals surface area (Å²) in [5.74, 6) is -2.04. The smallest absolute Gasteiger partial charge is 0.326 e. The fraction of sp³-hybridized carbons (Fsp3) is 0.185. The summed E-state index contributed by atoms with van der Waals surface area (Å²) in [6.45, 7) is 0. The number of pyridine rings is 1. The molecule has 8 heteroatoms. The van der Waals surface area contributed by atoms with Crippen molar-refractivity contribution in [1.29, 1.82) is 0 Å². The zero-order valence-corrected chi connectivity index (χ0v) is 19.2. The van der Waals surface area contributed by atoms with Crippen LogP contribution in [0.3, 0.4) is 0 Å². The first kappa shape index (κ1) is 23.7. The van der Waals surface area contributed by atoms with Crippen LogP contribution in [0.25, 0.3) is 10.9 Å². The van der Waals surface area contributed by atoms with E-state index in [2.05, 4.69) is 15.3 Å². The van der Waals surface area contributed by atoms with Gasteiger partial charge in [-0.3, -0.25) is 14.6 Å². The Morgan fingerprint density at radius 3 is 2.37 bits per heavy atom. The van der Waals surface area contributed by atoms with Gasteiger partial charge < -0.3 is 20.3 Å². The van der Waals surface area contributed by atoms with E-state index in [-0.39, 0.29) is 18.7 Å². The highest BCUT2D eigenvalue weighted by Gasteiger charge is 2.31. The average molecular weight is 471 g/mol. The largest absolute Gasteiger partial charge is 0.480 e. The first-order valence-corrected chi connectivity index (χ1v) is 11.2. The van der Waals surface area contributed by atoms with Crippen molar-refractivity contribution in [3.8, 4) is 0 Å². The molecule has 0 bridgehead atoms. The van der Waals surface area contributed by atoms with Gasteiger partial charge in [0.1, 0.15) is 12.1 Å². The van der Waals surface area contributed by atoms with Crippen LogP contribution in [-0.4, -0.2) is 56.9 Å². The second-order valence-electron chi connectivity index (χ2n) is 8.32. The number of carboxylic acid groups (broad SMARTS) is 1. The Balaban J connectivity index is 1.58. The summed E-state index contributed by atoms with van der Waals surface area (Å²) >= 11 is 0. The molecule has 2 aromatic heterocycles. The van der Waals surface area contributed by atoms with Gasteiger partial charge in [0.15, 0.2) is 0 Å². The fourth-order valence-corrected chi connectivity index (χ4v) is 4.07. The molecule has 0 saturated carbocycles. The Bertz CT molecular complexity index is 1320. The number of para-hydroxylation sites is 1. The van der Waals surface area contributed by atoms with Crippen LogP contribution in [0.1, 0.15) is 21.5 Å². The van der Waals surface area contributed by atoms with Gasteiger partial charge in [-0.05, 0) is 29.3 Å². The van der Waals surface area contributed by atoms with Crippen molar-refractivity contribution in [1.82, 2.24) is 20.2 Å². The highest BCUT2D eigenvalue weighted by molar-refractivity contribution is 5.98. The number of rotatable bonds is 9. The van der Waals surface area contributed by atoms with E-state index in [1.54, 1.807) is 25.4 Å². The molecule has 0 spiro atoms. The van der Waals surface area contributed by atoms with Crippen molar-refractivity contribution in [2.45, 2.75) is 24.9 Å². The van der Waals surface area contributed by atoms with Crippen LogP contribution < -0.4 is 5.32 Å². The molecule has 2 heterocycles. The number of fused-ring (bicyclic) bond motifs is 1. The van der Waals surface area contributed by atoms with Crippen molar-refractivity contribution in [3.05, 3.63) is 102 Å². The van der Waals surface area contributed by atoms with Gasteiger partial charge in [0.2, 0.25) is 5.91 Å². The minimum atomic E-state index is -1.16. The van der Waals surface area contributed by atoms with Gasteiger partial charge in [0.05, 0.1) is 0 Å². The molecule has 4 rings (SSSR count). The van der Waals surface area contributed by atoms with Gasteiger partial charge in [0, 0.05) is 54.9 Å². The molecule has 0 fully saturated rings. The Morgan fingerprint density at radius 2 is 1.66 bits per heavy atom. The van der Waals surface area contributed by atoms with Crippen LogP contribution in [0, 0.1) is 0 Å². The third kappa shape index (κ3) is 5.55. The summed E-state index contributed by atoms with van der Waals surface area (Å²) in [5, 5.41) is 13.4. The molecule has 3 N–H and O–H groups in total. The number of hydrogen-bond donors (Lipinski definition) is 3. The van der Waals surface area contributed by atoms with E-state index in [4.69, 9.17) is 0 Å². The second-order valence-corrected chi connectivity index (χ2v) is 8.32. The van der Waals surface area contributed by atoms with Crippen molar-refractivity contribution < 1.29 is 19.5 Å². The molecular formula is C27H26N4O4. The third-order valence-corrected chi connectivity index (χ3v) is 6.00. The number of H-pyrrole nitrogens is 1. The van der Waals surface area contributed by atoms with Gasteiger partial charge in [-0.2, -0.15) is 0 Å². The van der Waals surface area contributed by atoms with Crippen molar-refractivity contribution in [3.63, 3.8) is 0 Å². The lowest BCUT2D eigenvalue weighted by Crippen LogP contribution is -2.53. The molecule has 4 aromatic rings. The summed E-state index contributed by atoms with van der Waals surface area (Å²) in [6, 6.07) is 18.0. The second kappa shape index (κ2) is 10.6. The van der Waals surface area contributed by atoms with E-state index in [1.807, 2.05) is 54.6 Å². The summed E-state index contributed by atoms with van der Waals surface area (Å²) in [5.41, 5.74) is 2.92. The van der Waals surface area contributed by atoms with E-state index in [9.17, 15) is 19.5 Å². The number of aromatic nitrogens is 2. The van der Waals surface area contributed by atoms with E-state index in [0.717, 1.165) is 22.0 Å². The number of carboxylic acids is 1. The molecule has 2 atom stereocenters. The van der Waals surface area contributed by atoms with Crippen LogP contribution >= 0.6 is 0 Å². The number of nitrogens with one attached hydrogen (secondary N) is 2. The Labute approximate surface area is 202 Å². The van der Waals surface area contributed by atoms with Gasteiger partial charge in [0.25, 0.3) is 5.91 Å². The maximum absolute atomic E-state index is 13.4. The van der Waals surface area contributed by atoms with Gasteiger partial charge in [-0.1, -0.05) is 48.5 Å². The standard InChI is InChI=1S/C27H26N4O4/c1-31(26(33)19-11-13-28-14-12-19)24(15-18-7-3-2-4-8-18)25(32)30-23(27(34)35)16-20-17-29-22-10-6-5-9-21(20)22/h2-14,17,23-24,29H,15-16H2,1H3,(H,30,32)(H,34,35)/t23-,24+/m0/s1. The van der Waals surface area contributed by atoms with E-state index < -0.39 is 24.0 Å². The van der Waals surface area contributed by atoms with Crippen molar-refractivity contribution in [2.75, 3.05) is 7.05 Å². The van der Waals surface area contributed by atoms with Crippen molar-refractivity contribution in [2.24, 2.45) is 0 Å². The lowest BCUT2D eigenvalue weighted by molar-refractivity contribution is -0.142. The molecule has 0 aliphatic heterocycles. The quantitative estimate of drug-likeness (QED) is 0.348. The zero-order chi connectivity index (χ0) is 24.8. The molecule has 35 heavy (non-hydrogen) atoms. The Hall–Kier alpha value is -4.46. The summed E-state index contributed by atoms with van der Waals surface area (Å²) in [6.07, 6.45) is 5.11. The first-order valence-electron chi connectivity index (χ1n) is 11.2. The molecule has 0 aliphatic carbocycles. The SMILES string of the molecule is CN(C(=O)c1ccncc1)[C@H](Cc1ccccc1)C(=O)N[C@@H](Cc1c[nH]c2ccccc12)C(=O)O. The van der Waals surface area contributed by atoms with Crippen LogP contribution in [-0.2, 0) is 22.4 Å². The van der Waals surface area contributed by atoms with E-state index in [1.165, 1.54) is 17.3 Å². The minimum absolute atomic E-state index is 0.102. The van der Waals surface area contributed by atoms with Crippen LogP contribution in [0.2, 0.25) is 0 Å². The number of hydrogen-bond acceptors (Lipinski definition) is 4. The van der Waals surface area contributed by atoms with Gasteiger partial charge in [-0.15, -0.1) is 0 Å². The highest BCUT2D eigenvalue weighted by atomic mass is 16.4. The fourth-order valence-electron chi connectivity index (χ4n) is 4.07. The number of amides is 2. The topological polar surface area (TPSA) is 115 Å². The predicted octanol–water partition coefficient (Wildman–Crippen LogP) is 3.06. The lowest BCUT2D eigenvalue weighted by Gasteiger charge is -2.29. The third-order valence-electron chi connectivity index (χ3n) is 6.00. The summed E-state index contributed by atoms with van der Waals surface area (Å²) < 4.78 is 0. The number of carbonyl (C=O) groups excluding carboxylic acids is 2. The molecule has 178 valence electrons. The zero-order valence-electron chi connectivity index (χ0n) is 19.2. The molecule has 0 radical (unpaired) electrons. The molecule has 0 unspecified atom stereocenters. The monoisotopic (exact) mass is 470 g/mol. The molecule has 0 saturated heterocycles. The number of aromatic amines is 1. The molecular weight excluding hydrogens is 444 g/mol. The van der Waals surface area contributed by atoms with Crippen LogP contribution in [0.15, 0.2) is 85.3 Å². The van der Waals surface area contributed by atoms with Crippen molar-refractivity contribution >= 4 is 28.7 Å². The van der Waals surface area contributed by atoms with E-state index in [0.29, 0.717) is 5.56 Å². The molecule has 8 nitrogen and oxygen atoms in total. The maximum Gasteiger partial charge on any atom is 0.326 e. The molecule has 2 amide bonds. The summed E-state index contributed by atoms with van der Waals surface area (Å²) in [4.78, 5) is 47.0. The van der Waals surface area contributed by atoms with Gasteiger partial charge in [-0.25, -0.2) is 4.79 Å². The lowest BCUT2D eigenvalue weighted by atomic mass is 10.0. The average Bonchev–Trinajstić information content (AvgIpc) is 3.30. The minimum Gasteiger partial charge on any atom is -0.480 e. The highest BCUT2D eigenvalue weighted by Crippen LogP contribution is 2.20. The number of aliphatic carboxylic acids is 1. The molecule has 2 aromatic carbocycles. The number of likely N-dealkylation sites (N-methyl/N-ethyl adjacent to an activating group) is 1. The summed E-state index contributed by atoms with van der Waals surface area (Å²) in [7, 11) is 1.55. The predicted molar refractivity (Wildman–Crippen MR) is 132 cm³/mol. The number of nitrogens with zero attached hydrogens (tertiary/aromatic N) is 2.